The lowest BCUT2D eigenvalue weighted by Crippen LogP contribution is -2.55. The molecule has 7 nitrogen and oxygen atoms in total. The molecule has 1 aliphatic heterocycles. The zero-order chi connectivity index (χ0) is 27.1. The van der Waals surface area contributed by atoms with E-state index in [-0.39, 0.29) is 12.0 Å². The van der Waals surface area contributed by atoms with Gasteiger partial charge in [-0.15, -0.1) is 0 Å². The quantitative estimate of drug-likeness (QED) is 0.329. The van der Waals surface area contributed by atoms with Crippen LogP contribution in [-0.4, -0.2) is 44.6 Å². The average Bonchev–Trinajstić information content (AvgIpc) is 3.13. The molecule has 1 heterocycles. The molecule has 1 aromatic rings. The molecule has 0 saturated heterocycles. The molecule has 8 heteroatoms. The molecule has 0 aliphatic carbocycles. The molecule has 1 aliphatic rings. The molecule has 0 spiro atoms. The van der Waals surface area contributed by atoms with Gasteiger partial charge in [-0.25, -0.2) is 4.79 Å². The van der Waals surface area contributed by atoms with Crippen molar-refractivity contribution in [3.8, 4) is 0 Å². The summed E-state index contributed by atoms with van der Waals surface area (Å²) in [4.78, 5) is 24.8. The van der Waals surface area contributed by atoms with Crippen LogP contribution in [0.5, 0.6) is 0 Å². The zero-order valence-corrected chi connectivity index (χ0v) is 24.5. The van der Waals surface area contributed by atoms with Crippen LogP contribution in [0.2, 0.25) is 16.6 Å². The first-order chi connectivity index (χ1) is 16.8. The molecule has 0 radical (unpaired) electrons. The first-order valence-corrected chi connectivity index (χ1v) is 15.2. The summed E-state index contributed by atoms with van der Waals surface area (Å²) in [6.07, 6.45) is 1.21. The van der Waals surface area contributed by atoms with E-state index in [1.54, 1.807) is 0 Å². The molecule has 36 heavy (non-hydrogen) atoms. The number of ether oxygens (including phenoxy) is 2. The van der Waals surface area contributed by atoms with E-state index in [9.17, 15) is 9.59 Å². The molecule has 0 fully saturated rings. The van der Waals surface area contributed by atoms with Crippen molar-refractivity contribution in [2.24, 2.45) is 0 Å². The van der Waals surface area contributed by atoms with Gasteiger partial charge in [0.05, 0.1) is 6.10 Å². The second-order valence-corrected chi connectivity index (χ2v) is 16.9. The molecule has 1 aromatic carbocycles. The van der Waals surface area contributed by atoms with Gasteiger partial charge >= 0.3 is 6.09 Å². The summed E-state index contributed by atoms with van der Waals surface area (Å²) < 4.78 is 18.7. The van der Waals surface area contributed by atoms with Crippen LogP contribution in [0, 0.1) is 0 Å². The lowest BCUT2D eigenvalue weighted by molar-refractivity contribution is -0.116. The van der Waals surface area contributed by atoms with E-state index < -0.39 is 26.1 Å². The maximum absolute atomic E-state index is 12.5. The van der Waals surface area contributed by atoms with E-state index in [2.05, 4.69) is 52.2 Å². The Bertz CT molecular complexity index is 871. The number of hydrogen-bond donors (Lipinski definition) is 2. The monoisotopic (exact) mass is 518 g/mol. The van der Waals surface area contributed by atoms with Crippen molar-refractivity contribution in [1.82, 2.24) is 10.6 Å². The summed E-state index contributed by atoms with van der Waals surface area (Å²) in [6.45, 7) is 19.6. The molecule has 2 N–H and O–H groups in total. The third-order valence-corrected chi connectivity index (χ3v) is 12.8. The number of carbonyl (C=O) groups excluding carboxylic acids is 2. The predicted octanol–water partition coefficient (Wildman–Crippen LogP) is 6.06. The van der Waals surface area contributed by atoms with Crippen molar-refractivity contribution in [2.75, 3.05) is 6.54 Å². The Kier molecular flexibility index (Phi) is 10.6. The molecule has 0 unspecified atom stereocenters. The molecule has 2 rings (SSSR count). The number of nitrogens with one attached hydrogen (secondary N) is 2. The van der Waals surface area contributed by atoms with Crippen LogP contribution in [0.25, 0.3) is 0 Å². The number of alkyl carbamates (subject to hydrolysis) is 1. The van der Waals surface area contributed by atoms with Crippen molar-refractivity contribution < 1.29 is 23.5 Å². The predicted molar refractivity (Wildman–Crippen MR) is 146 cm³/mol. The summed E-state index contributed by atoms with van der Waals surface area (Å²) in [7, 11) is -2.29. The van der Waals surface area contributed by atoms with Crippen LogP contribution < -0.4 is 10.6 Å². The van der Waals surface area contributed by atoms with Crippen molar-refractivity contribution in [3.63, 3.8) is 0 Å². The average molecular weight is 519 g/mol. The molecule has 2 amide bonds. The minimum Gasteiger partial charge on any atom is -0.491 e. The Morgan fingerprint density at radius 1 is 1.03 bits per heavy atom. The Morgan fingerprint density at radius 2 is 1.61 bits per heavy atom. The van der Waals surface area contributed by atoms with E-state index in [0.29, 0.717) is 42.0 Å². The summed E-state index contributed by atoms with van der Waals surface area (Å²) in [5.74, 6) is 0.382. The van der Waals surface area contributed by atoms with Crippen LogP contribution >= 0.6 is 0 Å². The fourth-order valence-electron chi connectivity index (χ4n) is 5.23. The number of hydrogen-bond acceptors (Lipinski definition) is 5. The summed E-state index contributed by atoms with van der Waals surface area (Å²) >= 11 is 0. The van der Waals surface area contributed by atoms with Crippen LogP contribution in [0.1, 0.15) is 74.3 Å². The van der Waals surface area contributed by atoms with Gasteiger partial charge in [0, 0.05) is 12.6 Å². The fraction of sp³-hybridized carbons (Fsp3) is 0.643. The van der Waals surface area contributed by atoms with Crippen molar-refractivity contribution in [2.45, 2.75) is 110 Å². The van der Waals surface area contributed by atoms with Crippen molar-refractivity contribution in [3.05, 3.63) is 47.7 Å². The highest BCUT2D eigenvalue weighted by Crippen LogP contribution is 2.44. The van der Waals surface area contributed by atoms with Gasteiger partial charge in [0.1, 0.15) is 24.0 Å². The minimum absolute atomic E-state index is 0.192. The largest absolute Gasteiger partial charge is 0.491 e. The highest BCUT2D eigenvalue weighted by Gasteiger charge is 2.48. The lowest BCUT2D eigenvalue weighted by atomic mass is 10.1. The van der Waals surface area contributed by atoms with Gasteiger partial charge in [-0.1, -0.05) is 71.9 Å². The van der Waals surface area contributed by atoms with Gasteiger partial charge in [0.25, 0.3) is 0 Å². The lowest BCUT2D eigenvalue weighted by Gasteiger charge is -2.46. The molecule has 0 saturated carbocycles. The van der Waals surface area contributed by atoms with E-state index >= 15 is 0 Å². The third-order valence-electron chi connectivity index (χ3n) is 6.66. The fourth-order valence-corrected chi connectivity index (χ4v) is 10.8. The number of carbonyl (C=O) groups is 2. The van der Waals surface area contributed by atoms with Crippen LogP contribution in [0.15, 0.2) is 42.2 Å². The smallest absolute Gasteiger partial charge is 0.407 e. The van der Waals surface area contributed by atoms with Gasteiger partial charge < -0.3 is 24.5 Å². The Labute approximate surface area is 218 Å². The maximum atomic E-state index is 12.5. The highest BCUT2D eigenvalue weighted by atomic mass is 28.4. The summed E-state index contributed by atoms with van der Waals surface area (Å²) in [5, 5.41) is 5.90. The van der Waals surface area contributed by atoms with E-state index in [0.717, 1.165) is 5.56 Å². The van der Waals surface area contributed by atoms with Gasteiger partial charge in [0.2, 0.25) is 14.2 Å². The standard InChI is InChI=1S/C28H46N2O5Si/c1-19(2)36(20(3)4,21(5)6)35-23(15-16-29-27(32)34-28(7,8)9)26-24(17-25(31)30-26)33-18-22-13-11-10-12-14-22/h10-14,17,19-21,23,26H,15-16,18H2,1-9H3,(H,29,32)(H,30,31)/t23-,26-/m0/s1. The Hall–Kier alpha value is -2.32. The van der Waals surface area contributed by atoms with E-state index in [4.69, 9.17) is 13.9 Å². The second kappa shape index (κ2) is 12.8. The second-order valence-electron chi connectivity index (χ2n) is 11.5. The molecule has 2 atom stereocenters. The van der Waals surface area contributed by atoms with Gasteiger partial charge in [-0.2, -0.15) is 0 Å². The van der Waals surface area contributed by atoms with Crippen LogP contribution in [-0.2, 0) is 25.3 Å². The van der Waals surface area contributed by atoms with Gasteiger partial charge in [0.15, 0.2) is 0 Å². The molecular formula is C28H46N2O5Si. The van der Waals surface area contributed by atoms with Gasteiger partial charge in [-0.05, 0) is 49.4 Å². The Morgan fingerprint density at radius 3 is 2.14 bits per heavy atom. The van der Waals surface area contributed by atoms with Crippen LogP contribution in [0.4, 0.5) is 4.79 Å². The highest BCUT2D eigenvalue weighted by molar-refractivity contribution is 6.77. The Balaban J connectivity index is 2.27. The first kappa shape index (κ1) is 29.9. The molecule has 0 bridgehead atoms. The maximum Gasteiger partial charge on any atom is 0.407 e. The van der Waals surface area contributed by atoms with Gasteiger partial charge in [-0.3, -0.25) is 4.79 Å². The first-order valence-electron chi connectivity index (χ1n) is 13.1. The molecule has 0 aromatic heterocycles. The van der Waals surface area contributed by atoms with Crippen molar-refractivity contribution in [1.29, 1.82) is 0 Å². The SMILES string of the molecule is CC(C)[Si](O[C@@H](CCNC(=O)OC(C)(C)C)[C@@H]1NC(=O)C=C1OCc1ccccc1)(C(C)C)C(C)C. The normalized spacial score (nSPS) is 17.3. The van der Waals surface area contributed by atoms with E-state index in [1.807, 2.05) is 51.1 Å². The summed E-state index contributed by atoms with van der Waals surface area (Å²) in [5.41, 5.74) is 1.56. The topological polar surface area (TPSA) is 85.9 Å². The number of rotatable bonds is 12. The van der Waals surface area contributed by atoms with Crippen LogP contribution in [0.3, 0.4) is 0 Å². The number of amides is 2. The third kappa shape index (κ3) is 8.10. The number of benzene rings is 1. The minimum atomic E-state index is -2.29. The zero-order valence-electron chi connectivity index (χ0n) is 23.5. The van der Waals surface area contributed by atoms with E-state index in [1.165, 1.54) is 6.08 Å². The summed E-state index contributed by atoms with van der Waals surface area (Å²) in [6, 6.07) is 9.45. The van der Waals surface area contributed by atoms with Crippen molar-refractivity contribution >= 4 is 20.3 Å². The molecular weight excluding hydrogens is 472 g/mol. The molecule has 202 valence electrons.